The molecular formula is C80H100N8O19S9. The fraction of sp³-hybridized carbons (Fsp3) is 0.325. The summed E-state index contributed by atoms with van der Waals surface area (Å²) in [4.78, 5) is 0.292. The fourth-order valence-electron chi connectivity index (χ4n) is 11.6. The molecule has 0 radical (unpaired) electrons. The first-order valence-corrected chi connectivity index (χ1v) is 49.9. The van der Waals surface area contributed by atoms with Crippen molar-refractivity contribution in [3.8, 4) is 0 Å². The maximum Gasteiger partial charge on any atom is 0.297 e. The predicted molar refractivity (Wildman–Crippen MR) is 447 cm³/mol. The number of nitrogens with zero attached hydrogens (tertiary/aromatic N) is 6. The van der Waals surface area contributed by atoms with Gasteiger partial charge in [0.25, 0.3) is 10.1 Å². The molecule has 628 valence electrons. The minimum atomic E-state index is -4.24. The van der Waals surface area contributed by atoms with E-state index in [1.807, 2.05) is 69.2 Å². The standard InChI is InChI=1S/C36H44N4O8S4.C25H31N3O6S3.C19H25NO5S2/c1-29-5-13-33(14-6-29)49(41,42)37-21-23-38(50(43,44)34-15-7-30(2)8-16-34)25-27-40(52(47,48)36-19-11-32(4)12-20-36)28-26-39(24-22-37)51(45,46)35-17-9-31(3)10-18-35;1-20-4-10-23(11-5-20)35(29,30)26-16-18-28(37(33,34)25-14-8-22(3)9-15-25)19-17-27-36(31,32)24-12-6-21(2)7-13-24;1-4-13-20(26(21,22)18-9-5-16(2)6-10-18)14-15-25-27(23,24)19-11-7-17(3)8-12-19/h5-20H,21-28H2,1-4H3;4-15,26-27H,16-19H2,1-3H3;5-12H,4,13-15H2,1-3H3. The van der Waals surface area contributed by atoms with E-state index in [0.717, 1.165) is 71.6 Å². The van der Waals surface area contributed by atoms with Gasteiger partial charge >= 0.3 is 0 Å². The van der Waals surface area contributed by atoms with Crippen LogP contribution in [0.5, 0.6) is 0 Å². The van der Waals surface area contributed by atoms with Crippen molar-refractivity contribution in [1.29, 1.82) is 0 Å². The fourth-order valence-corrected chi connectivity index (χ4v) is 23.2. The van der Waals surface area contributed by atoms with Crippen LogP contribution in [-0.2, 0) is 94.5 Å². The molecule has 1 saturated heterocycles. The van der Waals surface area contributed by atoms with E-state index in [9.17, 15) is 75.8 Å². The highest BCUT2D eigenvalue weighted by atomic mass is 32.2. The van der Waals surface area contributed by atoms with Crippen LogP contribution in [0.3, 0.4) is 0 Å². The number of nitrogens with one attached hydrogen (secondary N) is 2. The van der Waals surface area contributed by atoms with Gasteiger partial charge in [-0.25, -0.2) is 76.8 Å². The normalized spacial score (nSPS) is 14.7. The molecule has 0 spiro atoms. The topological polar surface area (TPSA) is 360 Å². The second-order valence-electron chi connectivity index (χ2n) is 27.8. The Morgan fingerprint density at radius 2 is 0.448 bits per heavy atom. The average molecular weight is 1770 g/mol. The monoisotopic (exact) mass is 1760 g/mol. The summed E-state index contributed by atoms with van der Waals surface area (Å²) in [5.74, 6) is 0. The van der Waals surface area contributed by atoms with Crippen LogP contribution in [0.1, 0.15) is 63.4 Å². The summed E-state index contributed by atoms with van der Waals surface area (Å²) in [6, 6.07) is 56.5. The molecule has 1 aliphatic heterocycles. The third-order valence-electron chi connectivity index (χ3n) is 18.7. The Morgan fingerprint density at radius 3 is 0.664 bits per heavy atom. The molecule has 0 amide bonds. The summed E-state index contributed by atoms with van der Waals surface area (Å²) in [6.07, 6.45) is 0.607. The van der Waals surface area contributed by atoms with Crippen molar-refractivity contribution < 1.29 is 79.9 Å². The molecule has 1 aliphatic rings. The lowest BCUT2D eigenvalue weighted by molar-refractivity contribution is 0.273. The van der Waals surface area contributed by atoms with Crippen LogP contribution in [0.2, 0.25) is 0 Å². The van der Waals surface area contributed by atoms with E-state index in [1.54, 1.807) is 121 Å². The molecule has 2 N–H and O–H groups in total. The Morgan fingerprint density at radius 1 is 0.259 bits per heavy atom. The van der Waals surface area contributed by atoms with Gasteiger partial charge in [-0.3, -0.25) is 4.18 Å². The van der Waals surface area contributed by atoms with Crippen molar-refractivity contribution in [2.24, 2.45) is 0 Å². The second-order valence-corrected chi connectivity index (χ2v) is 44.6. The van der Waals surface area contributed by atoms with Crippen molar-refractivity contribution in [3.63, 3.8) is 0 Å². The van der Waals surface area contributed by atoms with E-state index in [2.05, 4.69) is 9.44 Å². The van der Waals surface area contributed by atoms with Crippen LogP contribution in [0.4, 0.5) is 0 Å². The molecule has 0 unspecified atom stereocenters. The van der Waals surface area contributed by atoms with Gasteiger partial charge in [0.1, 0.15) is 0 Å². The molecule has 0 aromatic heterocycles. The molecule has 0 bridgehead atoms. The minimum Gasteiger partial charge on any atom is -0.265 e. The third kappa shape index (κ3) is 25.1. The summed E-state index contributed by atoms with van der Waals surface area (Å²) in [7, 11) is -36.3. The summed E-state index contributed by atoms with van der Waals surface area (Å²) < 4.78 is 257. The zero-order chi connectivity index (χ0) is 85.2. The minimum absolute atomic E-state index is 0.0264. The van der Waals surface area contributed by atoms with Gasteiger partial charge in [-0.1, -0.05) is 166 Å². The summed E-state index contributed by atoms with van der Waals surface area (Å²) in [5, 5.41) is 0. The maximum absolute atomic E-state index is 14.1. The van der Waals surface area contributed by atoms with Gasteiger partial charge < -0.3 is 0 Å². The molecule has 10 rings (SSSR count). The average Bonchev–Trinajstić information content (AvgIpc) is 0.753. The quantitative estimate of drug-likeness (QED) is 0.0412. The largest absolute Gasteiger partial charge is 0.297 e. The first kappa shape index (κ1) is 93.7. The van der Waals surface area contributed by atoms with Gasteiger partial charge in [-0.15, -0.1) is 0 Å². The third-order valence-corrected chi connectivity index (χ3v) is 34.4. The Bertz CT molecular complexity index is 5460. The van der Waals surface area contributed by atoms with Gasteiger partial charge in [-0.2, -0.15) is 34.2 Å². The van der Waals surface area contributed by atoms with E-state index in [-0.39, 0.29) is 142 Å². The van der Waals surface area contributed by atoms with E-state index in [0.29, 0.717) is 6.42 Å². The van der Waals surface area contributed by atoms with Crippen LogP contribution in [0.25, 0.3) is 0 Å². The Balaban J connectivity index is 0.000000230. The highest BCUT2D eigenvalue weighted by molar-refractivity contribution is 7.91. The number of hydrogen-bond donors (Lipinski definition) is 2. The lowest BCUT2D eigenvalue weighted by Gasteiger charge is -2.33. The molecule has 9 aromatic rings. The van der Waals surface area contributed by atoms with Gasteiger partial charge in [-0.05, 0) is 178 Å². The van der Waals surface area contributed by atoms with Gasteiger partial charge in [0.05, 0.1) is 50.7 Å². The van der Waals surface area contributed by atoms with Gasteiger partial charge in [0.15, 0.2) is 0 Å². The zero-order valence-electron chi connectivity index (χ0n) is 66.2. The predicted octanol–water partition coefficient (Wildman–Crippen LogP) is 9.67. The molecular weight excluding hydrogens is 1670 g/mol. The van der Waals surface area contributed by atoms with E-state index in [4.69, 9.17) is 4.18 Å². The number of benzene rings is 9. The van der Waals surface area contributed by atoms with Crippen molar-refractivity contribution in [1.82, 2.24) is 35.3 Å². The van der Waals surface area contributed by atoms with Crippen LogP contribution >= 0.6 is 0 Å². The molecule has 0 aliphatic carbocycles. The van der Waals surface area contributed by atoms with Crippen molar-refractivity contribution >= 4 is 90.3 Å². The van der Waals surface area contributed by atoms with Gasteiger partial charge in [0.2, 0.25) is 80.2 Å². The zero-order valence-corrected chi connectivity index (χ0v) is 73.6. The summed E-state index contributed by atoms with van der Waals surface area (Å²) >= 11 is 0. The van der Waals surface area contributed by atoms with Crippen LogP contribution in [-0.4, -0.2) is 200 Å². The Kier molecular flexibility index (Phi) is 32.5. The molecule has 0 atom stereocenters. The van der Waals surface area contributed by atoms with E-state index in [1.165, 1.54) is 101 Å². The lowest BCUT2D eigenvalue weighted by atomic mass is 10.2. The number of hydrogen-bond acceptors (Lipinski definition) is 19. The number of sulfonamides is 8. The SMILES string of the molecule is CCCN(CCOS(=O)(=O)c1ccc(C)cc1)S(=O)(=O)c1ccc(C)cc1.Cc1ccc(S(=O)(=O)N2CCN(S(=O)(=O)c3ccc(C)cc3)CCN(S(=O)(=O)c3ccc(C)cc3)CCN(S(=O)(=O)c3ccc(C)cc3)CC2)cc1.Cc1ccc(S(=O)(=O)NCCN(CCNS(=O)(=O)c2ccc(C)cc2)S(=O)(=O)c2ccc(C)cc2)cc1. The lowest BCUT2D eigenvalue weighted by Crippen LogP contribution is -2.50. The van der Waals surface area contributed by atoms with Crippen molar-refractivity contribution in [2.45, 2.75) is 120 Å². The van der Waals surface area contributed by atoms with Crippen LogP contribution in [0, 0.1) is 62.3 Å². The van der Waals surface area contributed by atoms with Crippen LogP contribution in [0.15, 0.2) is 262 Å². The molecule has 9 aromatic carbocycles. The molecule has 1 heterocycles. The number of aryl methyl sites for hydroxylation is 9. The smallest absolute Gasteiger partial charge is 0.265 e. The van der Waals surface area contributed by atoms with Gasteiger partial charge in [0, 0.05) is 91.6 Å². The van der Waals surface area contributed by atoms with Crippen molar-refractivity contribution in [3.05, 3.63) is 268 Å². The second kappa shape index (κ2) is 40.3. The maximum atomic E-state index is 14.1. The first-order valence-electron chi connectivity index (χ1n) is 36.9. The molecule has 27 nitrogen and oxygen atoms in total. The van der Waals surface area contributed by atoms with Crippen molar-refractivity contribution in [2.75, 3.05) is 98.2 Å². The summed E-state index contributed by atoms with van der Waals surface area (Å²) in [6.45, 7) is 14.9. The number of rotatable bonds is 29. The molecule has 0 saturated carbocycles. The Labute approximate surface area is 686 Å². The van der Waals surface area contributed by atoms with Crippen LogP contribution < -0.4 is 9.44 Å². The molecule has 1 fully saturated rings. The molecule has 116 heavy (non-hydrogen) atoms. The molecule has 36 heteroatoms. The first-order chi connectivity index (χ1) is 54.4. The van der Waals surface area contributed by atoms with E-state index < -0.39 is 90.3 Å². The highest BCUT2D eigenvalue weighted by Gasteiger charge is 2.36. The van der Waals surface area contributed by atoms with E-state index >= 15 is 0 Å². The highest BCUT2D eigenvalue weighted by Crippen LogP contribution is 2.27. The summed E-state index contributed by atoms with van der Waals surface area (Å²) in [5.41, 5.74) is 7.93. The Hall–Kier alpha value is -7.83.